The number of benzene rings is 1. The van der Waals surface area contributed by atoms with E-state index in [0.29, 0.717) is 6.54 Å². The highest BCUT2D eigenvalue weighted by Gasteiger charge is 2.01. The van der Waals surface area contributed by atoms with Gasteiger partial charge >= 0.3 is 0 Å². The zero-order valence-corrected chi connectivity index (χ0v) is 7.07. The lowest BCUT2D eigenvalue weighted by molar-refractivity contribution is 1.26. The van der Waals surface area contributed by atoms with Crippen LogP contribution in [0.5, 0.6) is 0 Å². The van der Waals surface area contributed by atoms with Crippen LogP contribution < -0.4 is 0 Å². The van der Waals surface area contributed by atoms with Gasteiger partial charge in [0.15, 0.2) is 0 Å². The Labute approximate surface area is 76.7 Å². The van der Waals surface area contributed by atoms with Gasteiger partial charge in [-0.2, -0.15) is 0 Å². The van der Waals surface area contributed by atoms with Gasteiger partial charge in [-0.1, -0.05) is 18.2 Å². The van der Waals surface area contributed by atoms with Crippen molar-refractivity contribution in [2.75, 3.05) is 0 Å². The molecular formula is C11H8N2. The molecule has 0 bridgehead atoms. The van der Waals surface area contributed by atoms with Gasteiger partial charge in [0.05, 0.1) is 5.52 Å². The smallest absolute Gasteiger partial charge is 0.240 e. The van der Waals surface area contributed by atoms with Crippen LogP contribution in [0.3, 0.4) is 0 Å². The van der Waals surface area contributed by atoms with E-state index in [1.54, 1.807) is 6.20 Å². The Bertz CT molecular complexity index is 463. The topological polar surface area (TPSA) is 17.2 Å². The molecule has 0 atom stereocenters. The van der Waals surface area contributed by atoms with E-state index in [1.165, 1.54) is 0 Å². The van der Waals surface area contributed by atoms with Crippen LogP contribution in [0.1, 0.15) is 5.56 Å². The van der Waals surface area contributed by atoms with E-state index in [1.807, 2.05) is 30.3 Å². The van der Waals surface area contributed by atoms with Crippen LogP contribution in [0.15, 0.2) is 36.5 Å². The Hall–Kier alpha value is -1.88. The number of hydrogen-bond acceptors (Lipinski definition) is 1. The van der Waals surface area contributed by atoms with Gasteiger partial charge in [-0.3, -0.25) is 4.98 Å². The highest BCUT2D eigenvalue weighted by atomic mass is 14.7. The van der Waals surface area contributed by atoms with Gasteiger partial charge in [0, 0.05) is 17.1 Å². The van der Waals surface area contributed by atoms with Crippen molar-refractivity contribution >= 4 is 10.9 Å². The molecule has 0 aliphatic carbocycles. The number of rotatable bonds is 1. The van der Waals surface area contributed by atoms with Crippen LogP contribution in [0.4, 0.5) is 0 Å². The molecule has 1 aromatic heterocycles. The predicted molar refractivity (Wildman–Crippen MR) is 52.0 cm³/mol. The summed E-state index contributed by atoms with van der Waals surface area (Å²) in [5, 5.41) is 1.08. The monoisotopic (exact) mass is 168 g/mol. The summed E-state index contributed by atoms with van der Waals surface area (Å²) in [5.74, 6) is 0. The van der Waals surface area contributed by atoms with Gasteiger partial charge < -0.3 is 4.85 Å². The molecule has 0 unspecified atom stereocenters. The van der Waals surface area contributed by atoms with Crippen LogP contribution >= 0.6 is 0 Å². The van der Waals surface area contributed by atoms with Crippen LogP contribution in [0.25, 0.3) is 15.7 Å². The summed E-state index contributed by atoms with van der Waals surface area (Å²) in [7, 11) is 0. The molecule has 0 fully saturated rings. The number of para-hydroxylation sites is 1. The molecular weight excluding hydrogens is 160 g/mol. The van der Waals surface area contributed by atoms with Crippen molar-refractivity contribution in [3.05, 3.63) is 53.5 Å². The second-order valence-electron chi connectivity index (χ2n) is 2.80. The van der Waals surface area contributed by atoms with Gasteiger partial charge in [0.25, 0.3) is 0 Å². The molecule has 1 aromatic carbocycles. The summed E-state index contributed by atoms with van der Waals surface area (Å²) < 4.78 is 0. The molecule has 0 spiro atoms. The summed E-state index contributed by atoms with van der Waals surface area (Å²) in [6.45, 7) is 7.25. The van der Waals surface area contributed by atoms with Gasteiger partial charge in [0.1, 0.15) is 0 Å². The van der Waals surface area contributed by atoms with E-state index < -0.39 is 0 Å². The maximum absolute atomic E-state index is 6.82. The Kier molecular flexibility index (Phi) is 1.93. The van der Waals surface area contributed by atoms with Crippen molar-refractivity contribution in [2.45, 2.75) is 6.54 Å². The molecule has 0 saturated carbocycles. The number of aromatic nitrogens is 1. The fourth-order valence-electron chi connectivity index (χ4n) is 1.38. The molecule has 2 heteroatoms. The first kappa shape index (κ1) is 7.75. The number of hydrogen-bond donors (Lipinski definition) is 0. The summed E-state index contributed by atoms with van der Waals surface area (Å²) >= 11 is 0. The van der Waals surface area contributed by atoms with Crippen molar-refractivity contribution < 1.29 is 0 Å². The molecule has 0 radical (unpaired) electrons. The highest BCUT2D eigenvalue weighted by Crippen LogP contribution is 2.16. The summed E-state index contributed by atoms with van der Waals surface area (Å²) in [6.07, 6.45) is 1.75. The Morgan fingerprint density at radius 1 is 1.23 bits per heavy atom. The lowest BCUT2D eigenvalue weighted by Crippen LogP contribution is -1.84. The molecule has 0 saturated heterocycles. The Morgan fingerprint density at radius 3 is 2.92 bits per heavy atom. The number of pyridine rings is 1. The Morgan fingerprint density at radius 2 is 2.08 bits per heavy atom. The van der Waals surface area contributed by atoms with Crippen molar-refractivity contribution in [1.82, 2.24) is 4.98 Å². The van der Waals surface area contributed by atoms with Crippen LogP contribution in [-0.2, 0) is 6.54 Å². The average Bonchev–Trinajstić information content (AvgIpc) is 2.19. The molecule has 0 aliphatic rings. The lowest BCUT2D eigenvalue weighted by atomic mass is 10.1. The SMILES string of the molecule is [C-]#[N+]Cc1ccnc2ccccc12. The van der Waals surface area contributed by atoms with E-state index >= 15 is 0 Å². The van der Waals surface area contributed by atoms with Crippen LogP contribution in [0, 0.1) is 6.57 Å². The molecule has 1 heterocycles. The minimum absolute atomic E-state index is 0.434. The van der Waals surface area contributed by atoms with Crippen molar-refractivity contribution in [2.24, 2.45) is 0 Å². The first-order valence-electron chi connectivity index (χ1n) is 4.07. The third-order valence-corrected chi connectivity index (χ3v) is 1.99. The standard InChI is InChI=1S/C11H8N2/c1-12-8-9-6-7-13-11-5-3-2-4-10(9)11/h2-7H,8H2. The van der Waals surface area contributed by atoms with E-state index in [2.05, 4.69) is 9.83 Å². The molecule has 62 valence electrons. The van der Waals surface area contributed by atoms with E-state index in [4.69, 9.17) is 6.57 Å². The highest BCUT2D eigenvalue weighted by molar-refractivity contribution is 5.81. The molecule has 2 nitrogen and oxygen atoms in total. The first-order chi connectivity index (χ1) is 6.42. The molecule has 2 rings (SSSR count). The molecule has 0 amide bonds. The number of nitrogens with zero attached hydrogens (tertiary/aromatic N) is 2. The minimum atomic E-state index is 0.434. The molecule has 13 heavy (non-hydrogen) atoms. The first-order valence-corrected chi connectivity index (χ1v) is 4.07. The van der Waals surface area contributed by atoms with Crippen molar-refractivity contribution in [3.63, 3.8) is 0 Å². The average molecular weight is 168 g/mol. The predicted octanol–water partition coefficient (Wildman–Crippen LogP) is 2.65. The molecule has 2 aromatic rings. The summed E-state index contributed by atoms with van der Waals surface area (Å²) in [6, 6.07) is 9.79. The molecule has 0 N–H and O–H groups in total. The van der Waals surface area contributed by atoms with E-state index in [-0.39, 0.29) is 0 Å². The normalized spacial score (nSPS) is 9.77. The summed E-state index contributed by atoms with van der Waals surface area (Å²) in [5.41, 5.74) is 2.02. The van der Waals surface area contributed by atoms with Crippen LogP contribution in [0.2, 0.25) is 0 Å². The molecule has 0 aliphatic heterocycles. The third-order valence-electron chi connectivity index (χ3n) is 1.99. The third kappa shape index (κ3) is 1.36. The van der Waals surface area contributed by atoms with Crippen molar-refractivity contribution in [3.8, 4) is 0 Å². The maximum Gasteiger partial charge on any atom is 0.240 e. The van der Waals surface area contributed by atoms with Gasteiger partial charge in [-0.05, 0) is 12.1 Å². The van der Waals surface area contributed by atoms with Gasteiger partial charge in [-0.15, -0.1) is 0 Å². The zero-order chi connectivity index (χ0) is 9.10. The van der Waals surface area contributed by atoms with Crippen LogP contribution in [-0.4, -0.2) is 4.98 Å². The fourth-order valence-corrected chi connectivity index (χ4v) is 1.38. The number of fused-ring (bicyclic) bond motifs is 1. The van der Waals surface area contributed by atoms with Crippen molar-refractivity contribution in [1.29, 1.82) is 0 Å². The Balaban J connectivity index is 2.70. The van der Waals surface area contributed by atoms with E-state index in [0.717, 1.165) is 16.5 Å². The fraction of sp³-hybridized carbons (Fsp3) is 0.0909. The van der Waals surface area contributed by atoms with E-state index in [9.17, 15) is 0 Å². The van der Waals surface area contributed by atoms with Gasteiger partial charge in [0.2, 0.25) is 6.54 Å². The maximum atomic E-state index is 6.82. The minimum Gasteiger partial charge on any atom is -0.312 e. The zero-order valence-electron chi connectivity index (χ0n) is 7.07. The second-order valence-corrected chi connectivity index (χ2v) is 2.80. The largest absolute Gasteiger partial charge is 0.312 e. The quantitative estimate of drug-likeness (QED) is 0.598. The second kappa shape index (κ2) is 3.24. The lowest BCUT2D eigenvalue weighted by Gasteiger charge is -1.98. The van der Waals surface area contributed by atoms with Gasteiger partial charge in [-0.25, -0.2) is 6.57 Å². The summed E-state index contributed by atoms with van der Waals surface area (Å²) in [4.78, 5) is 7.60.